The van der Waals surface area contributed by atoms with E-state index in [-0.39, 0.29) is 6.61 Å². The molecular formula is C16H17O3P. The van der Waals surface area contributed by atoms with E-state index in [4.69, 9.17) is 4.52 Å². The van der Waals surface area contributed by atoms with Crippen LogP contribution in [0.1, 0.15) is 22.8 Å². The first-order valence-electron chi connectivity index (χ1n) is 6.49. The molecule has 0 aliphatic carbocycles. The number of hydrogen-bond acceptors (Lipinski definition) is 3. The molecule has 0 amide bonds. The van der Waals surface area contributed by atoms with Gasteiger partial charge in [-0.1, -0.05) is 48.0 Å². The average molecular weight is 288 g/mol. The molecule has 2 aromatic carbocycles. The zero-order valence-electron chi connectivity index (χ0n) is 11.6. The van der Waals surface area contributed by atoms with E-state index in [2.05, 4.69) is 0 Å². The average Bonchev–Trinajstić information content (AvgIpc) is 2.48. The molecule has 20 heavy (non-hydrogen) atoms. The highest BCUT2D eigenvalue weighted by atomic mass is 31.2. The number of benzene rings is 2. The van der Waals surface area contributed by atoms with E-state index in [1.54, 1.807) is 43.3 Å². The number of carbonyl (C=O) groups is 1. The van der Waals surface area contributed by atoms with Crippen LogP contribution >= 0.6 is 7.37 Å². The van der Waals surface area contributed by atoms with Crippen LogP contribution in [0.15, 0.2) is 54.6 Å². The molecule has 0 aromatic heterocycles. The van der Waals surface area contributed by atoms with E-state index in [0.29, 0.717) is 10.9 Å². The Labute approximate surface area is 119 Å². The van der Waals surface area contributed by atoms with E-state index in [0.717, 1.165) is 5.56 Å². The van der Waals surface area contributed by atoms with Crippen molar-refractivity contribution in [2.45, 2.75) is 13.8 Å². The molecule has 0 aliphatic rings. The van der Waals surface area contributed by atoms with Gasteiger partial charge in [0.2, 0.25) is 0 Å². The maximum atomic E-state index is 13.0. The van der Waals surface area contributed by atoms with Crippen molar-refractivity contribution in [3.05, 3.63) is 65.7 Å². The summed E-state index contributed by atoms with van der Waals surface area (Å²) in [5.74, 6) is 0. The summed E-state index contributed by atoms with van der Waals surface area (Å²) in [6.45, 7) is 3.90. The van der Waals surface area contributed by atoms with Crippen molar-refractivity contribution < 1.29 is 13.9 Å². The van der Waals surface area contributed by atoms with Crippen molar-refractivity contribution in [1.29, 1.82) is 0 Å². The minimum absolute atomic E-state index is 0.226. The third kappa shape index (κ3) is 2.90. The minimum Gasteiger partial charge on any atom is -0.320 e. The summed E-state index contributed by atoms with van der Waals surface area (Å²) in [6.07, 6.45) is 0. The summed E-state index contributed by atoms with van der Waals surface area (Å²) < 4.78 is 18.4. The second-order valence-corrected chi connectivity index (χ2v) is 6.76. The van der Waals surface area contributed by atoms with Crippen LogP contribution in [0.4, 0.5) is 0 Å². The van der Waals surface area contributed by atoms with Crippen LogP contribution in [0.3, 0.4) is 0 Å². The Morgan fingerprint density at radius 3 is 2.20 bits per heavy atom. The Morgan fingerprint density at radius 1 is 1.05 bits per heavy atom. The summed E-state index contributed by atoms with van der Waals surface area (Å²) in [5, 5.41) is 0.437. The van der Waals surface area contributed by atoms with Gasteiger partial charge >= 0.3 is 7.37 Å². The van der Waals surface area contributed by atoms with Gasteiger partial charge in [-0.05, 0) is 26.0 Å². The largest absolute Gasteiger partial charge is 0.320 e. The first-order valence-corrected chi connectivity index (χ1v) is 8.12. The van der Waals surface area contributed by atoms with Crippen LogP contribution in [0, 0.1) is 6.92 Å². The molecule has 0 heterocycles. The van der Waals surface area contributed by atoms with E-state index in [1.165, 1.54) is 0 Å². The molecule has 0 aliphatic heterocycles. The lowest BCUT2D eigenvalue weighted by Gasteiger charge is -2.16. The molecule has 2 rings (SSSR count). The van der Waals surface area contributed by atoms with Crippen LogP contribution in [0.25, 0.3) is 0 Å². The molecule has 1 unspecified atom stereocenters. The van der Waals surface area contributed by atoms with Crippen molar-refractivity contribution in [2.24, 2.45) is 0 Å². The molecule has 0 radical (unpaired) electrons. The molecule has 4 heteroatoms. The summed E-state index contributed by atoms with van der Waals surface area (Å²) in [5.41, 5.74) is 1.01. The normalized spacial score (nSPS) is 13.7. The zero-order valence-corrected chi connectivity index (χ0v) is 12.5. The van der Waals surface area contributed by atoms with Crippen LogP contribution in [-0.2, 0) is 9.09 Å². The first kappa shape index (κ1) is 14.7. The number of rotatable bonds is 5. The topological polar surface area (TPSA) is 43.4 Å². The number of hydrogen-bond donors (Lipinski definition) is 0. The highest BCUT2D eigenvalue weighted by Gasteiger charge is 2.35. The fourth-order valence-corrected chi connectivity index (χ4v) is 3.84. The highest BCUT2D eigenvalue weighted by Crippen LogP contribution is 2.48. The number of carbonyl (C=O) groups excluding carboxylic acids is 1. The molecule has 0 saturated carbocycles. The van der Waals surface area contributed by atoms with Gasteiger partial charge in [0, 0.05) is 10.9 Å². The Kier molecular flexibility index (Phi) is 4.53. The Bertz CT molecular complexity index is 633. The fourth-order valence-electron chi connectivity index (χ4n) is 1.92. The molecule has 0 fully saturated rings. The van der Waals surface area contributed by atoms with Crippen molar-refractivity contribution in [3.63, 3.8) is 0 Å². The van der Waals surface area contributed by atoms with E-state index in [1.807, 2.05) is 25.1 Å². The zero-order chi connectivity index (χ0) is 14.6. The van der Waals surface area contributed by atoms with Crippen molar-refractivity contribution in [3.8, 4) is 0 Å². The van der Waals surface area contributed by atoms with Gasteiger partial charge in [0.25, 0.3) is 5.52 Å². The van der Waals surface area contributed by atoms with Crippen LogP contribution in [0.5, 0.6) is 0 Å². The van der Waals surface area contributed by atoms with Crippen LogP contribution in [0.2, 0.25) is 0 Å². The highest BCUT2D eigenvalue weighted by molar-refractivity contribution is 7.83. The molecular weight excluding hydrogens is 271 g/mol. The monoisotopic (exact) mass is 288 g/mol. The van der Waals surface area contributed by atoms with Gasteiger partial charge in [0.1, 0.15) is 0 Å². The third-order valence-electron chi connectivity index (χ3n) is 2.97. The van der Waals surface area contributed by atoms with Gasteiger partial charge in [0.15, 0.2) is 0 Å². The maximum absolute atomic E-state index is 13.0. The Balaban J connectivity index is 2.45. The summed E-state index contributed by atoms with van der Waals surface area (Å²) in [4.78, 5) is 12.6. The number of aryl methyl sites for hydroxylation is 1. The SMILES string of the molecule is CCOP(=O)(C(=O)c1ccc(C)cc1)c1ccccc1. The second-order valence-electron chi connectivity index (χ2n) is 4.48. The van der Waals surface area contributed by atoms with Crippen molar-refractivity contribution in [2.75, 3.05) is 6.61 Å². The Morgan fingerprint density at radius 2 is 1.65 bits per heavy atom. The van der Waals surface area contributed by atoms with Crippen molar-refractivity contribution >= 4 is 18.2 Å². The molecule has 0 bridgehead atoms. The quantitative estimate of drug-likeness (QED) is 0.786. The van der Waals surface area contributed by atoms with Gasteiger partial charge < -0.3 is 4.52 Å². The molecule has 2 aromatic rings. The second kappa shape index (κ2) is 6.17. The van der Waals surface area contributed by atoms with E-state index in [9.17, 15) is 9.36 Å². The van der Waals surface area contributed by atoms with Crippen LogP contribution in [-0.4, -0.2) is 12.1 Å². The third-order valence-corrected chi connectivity index (χ3v) is 5.37. The lowest BCUT2D eigenvalue weighted by atomic mass is 10.2. The summed E-state index contributed by atoms with van der Waals surface area (Å²) in [6, 6.07) is 15.7. The van der Waals surface area contributed by atoms with Gasteiger partial charge in [-0.3, -0.25) is 9.36 Å². The molecule has 1 atom stereocenters. The maximum Gasteiger partial charge on any atom is 0.300 e. The molecule has 3 nitrogen and oxygen atoms in total. The van der Waals surface area contributed by atoms with Gasteiger partial charge in [0.05, 0.1) is 6.61 Å². The van der Waals surface area contributed by atoms with Gasteiger partial charge in [-0.2, -0.15) is 0 Å². The van der Waals surface area contributed by atoms with E-state index < -0.39 is 12.9 Å². The molecule has 104 valence electrons. The predicted molar refractivity (Wildman–Crippen MR) is 80.8 cm³/mol. The molecule has 0 N–H and O–H groups in total. The lowest BCUT2D eigenvalue weighted by Crippen LogP contribution is -2.15. The summed E-state index contributed by atoms with van der Waals surface area (Å²) >= 11 is 0. The van der Waals surface area contributed by atoms with E-state index >= 15 is 0 Å². The lowest BCUT2D eigenvalue weighted by molar-refractivity contribution is 0.105. The molecule has 0 saturated heterocycles. The van der Waals surface area contributed by atoms with Gasteiger partial charge in [-0.15, -0.1) is 0 Å². The minimum atomic E-state index is -3.54. The first-order chi connectivity index (χ1) is 9.58. The standard InChI is InChI=1S/C16H17O3P/c1-3-19-20(18,15-7-5-4-6-8-15)16(17)14-11-9-13(2)10-12-14/h4-12H,3H2,1-2H3. The smallest absolute Gasteiger partial charge is 0.300 e. The predicted octanol–water partition coefficient (Wildman–Crippen LogP) is 3.78. The molecule has 0 spiro atoms. The van der Waals surface area contributed by atoms with Crippen molar-refractivity contribution in [1.82, 2.24) is 0 Å². The Hall–Kier alpha value is -1.70. The summed E-state index contributed by atoms with van der Waals surface area (Å²) in [7, 11) is -3.54. The van der Waals surface area contributed by atoms with Gasteiger partial charge in [-0.25, -0.2) is 0 Å². The fraction of sp³-hybridized carbons (Fsp3) is 0.188. The van der Waals surface area contributed by atoms with Crippen LogP contribution < -0.4 is 5.30 Å².